The molecule has 0 aliphatic rings. The predicted octanol–water partition coefficient (Wildman–Crippen LogP) is 4.26. The molecule has 0 spiro atoms. The molecule has 0 bridgehead atoms. The van der Waals surface area contributed by atoms with Crippen LogP contribution in [0.5, 0.6) is 0 Å². The Bertz CT molecular complexity index is 849. The summed E-state index contributed by atoms with van der Waals surface area (Å²) in [7, 11) is 1.93. The third kappa shape index (κ3) is 4.61. The number of aromatic nitrogens is 3. The van der Waals surface area contributed by atoms with E-state index in [0.717, 1.165) is 22.2 Å². The fraction of sp³-hybridized carbons (Fsp3) is 0.167. The summed E-state index contributed by atoms with van der Waals surface area (Å²) >= 11 is 7.34. The monoisotopic (exact) mass is 372 g/mol. The molecule has 1 N–H and O–H groups in total. The number of carbonyl (C=O) groups is 1. The lowest BCUT2D eigenvalue weighted by atomic mass is 10.2. The van der Waals surface area contributed by atoms with Crippen LogP contribution >= 0.6 is 23.4 Å². The third-order valence-electron chi connectivity index (χ3n) is 3.56. The van der Waals surface area contributed by atoms with E-state index in [1.807, 2.05) is 41.9 Å². The molecule has 0 fully saturated rings. The van der Waals surface area contributed by atoms with E-state index in [-0.39, 0.29) is 5.91 Å². The van der Waals surface area contributed by atoms with Crippen molar-refractivity contribution in [2.75, 3.05) is 11.1 Å². The van der Waals surface area contributed by atoms with Crippen molar-refractivity contribution >= 4 is 35.0 Å². The van der Waals surface area contributed by atoms with Crippen LogP contribution in [0, 0.1) is 0 Å². The van der Waals surface area contributed by atoms with Crippen LogP contribution in [0.4, 0.5) is 5.69 Å². The zero-order valence-corrected chi connectivity index (χ0v) is 15.2. The molecule has 2 aromatic carbocycles. The second-order valence-corrected chi connectivity index (χ2v) is 6.88. The Morgan fingerprint density at radius 1 is 1.12 bits per heavy atom. The Morgan fingerprint density at radius 3 is 2.56 bits per heavy atom. The first-order valence-electron chi connectivity index (χ1n) is 7.76. The summed E-state index contributed by atoms with van der Waals surface area (Å²) in [5, 5.41) is 12.7. The molecule has 25 heavy (non-hydrogen) atoms. The largest absolute Gasteiger partial charge is 0.326 e. The van der Waals surface area contributed by atoms with Crippen LogP contribution in [0.3, 0.4) is 0 Å². The fourth-order valence-electron chi connectivity index (χ4n) is 2.27. The van der Waals surface area contributed by atoms with Gasteiger partial charge >= 0.3 is 0 Å². The van der Waals surface area contributed by atoms with Crippen molar-refractivity contribution in [3.63, 3.8) is 0 Å². The molecule has 1 heterocycles. The van der Waals surface area contributed by atoms with Crippen molar-refractivity contribution in [3.05, 3.63) is 59.6 Å². The fourth-order valence-corrected chi connectivity index (χ4v) is 3.25. The molecule has 0 aliphatic heterocycles. The van der Waals surface area contributed by atoms with Crippen LogP contribution in [0.25, 0.3) is 11.4 Å². The zero-order chi connectivity index (χ0) is 17.6. The molecule has 0 saturated carbocycles. The summed E-state index contributed by atoms with van der Waals surface area (Å²) in [5.41, 5.74) is 1.76. The van der Waals surface area contributed by atoms with E-state index in [1.54, 1.807) is 24.3 Å². The molecular weight excluding hydrogens is 356 g/mol. The highest BCUT2D eigenvalue weighted by Crippen LogP contribution is 2.23. The van der Waals surface area contributed by atoms with Crippen LogP contribution in [0.1, 0.15) is 6.42 Å². The van der Waals surface area contributed by atoms with Gasteiger partial charge in [0.25, 0.3) is 0 Å². The van der Waals surface area contributed by atoms with Gasteiger partial charge in [0.05, 0.1) is 0 Å². The van der Waals surface area contributed by atoms with E-state index in [1.165, 1.54) is 11.8 Å². The SMILES string of the molecule is Cn1c(SCCC(=O)Nc2ccc(Cl)cc2)nnc1-c1ccccc1. The van der Waals surface area contributed by atoms with Gasteiger partial charge in [-0.2, -0.15) is 0 Å². The molecule has 0 unspecified atom stereocenters. The second-order valence-electron chi connectivity index (χ2n) is 5.38. The molecule has 7 heteroatoms. The van der Waals surface area contributed by atoms with E-state index in [0.29, 0.717) is 17.2 Å². The van der Waals surface area contributed by atoms with Gasteiger partial charge in [0.1, 0.15) is 0 Å². The van der Waals surface area contributed by atoms with Crippen LogP contribution in [-0.4, -0.2) is 26.4 Å². The quantitative estimate of drug-likeness (QED) is 0.657. The number of halogens is 1. The van der Waals surface area contributed by atoms with Gasteiger partial charge in [0.2, 0.25) is 5.91 Å². The van der Waals surface area contributed by atoms with Crippen molar-refractivity contribution in [1.29, 1.82) is 0 Å². The zero-order valence-electron chi connectivity index (χ0n) is 13.6. The Hall–Kier alpha value is -2.31. The van der Waals surface area contributed by atoms with Crippen LogP contribution in [0.15, 0.2) is 59.8 Å². The molecule has 128 valence electrons. The lowest BCUT2D eigenvalue weighted by molar-refractivity contribution is -0.115. The summed E-state index contributed by atoms with van der Waals surface area (Å²) in [4.78, 5) is 12.0. The van der Waals surface area contributed by atoms with Crippen LogP contribution < -0.4 is 5.32 Å². The Balaban J connectivity index is 1.53. The van der Waals surface area contributed by atoms with Gasteiger partial charge in [-0.25, -0.2) is 0 Å². The van der Waals surface area contributed by atoms with Gasteiger partial charge in [0.15, 0.2) is 11.0 Å². The number of thioether (sulfide) groups is 1. The number of benzene rings is 2. The molecule has 0 atom stereocenters. The number of anilines is 1. The van der Waals surface area contributed by atoms with Crippen molar-refractivity contribution in [1.82, 2.24) is 14.8 Å². The molecule has 1 amide bonds. The summed E-state index contributed by atoms with van der Waals surface area (Å²) < 4.78 is 1.94. The van der Waals surface area contributed by atoms with E-state index in [2.05, 4.69) is 15.5 Å². The maximum absolute atomic E-state index is 12.0. The lowest BCUT2D eigenvalue weighted by Gasteiger charge is -2.06. The summed E-state index contributed by atoms with van der Waals surface area (Å²) in [5.74, 6) is 1.40. The smallest absolute Gasteiger partial charge is 0.225 e. The van der Waals surface area contributed by atoms with Crippen molar-refractivity contribution in [2.24, 2.45) is 7.05 Å². The van der Waals surface area contributed by atoms with E-state index < -0.39 is 0 Å². The highest BCUT2D eigenvalue weighted by atomic mass is 35.5. The third-order valence-corrected chi connectivity index (χ3v) is 4.83. The predicted molar refractivity (Wildman–Crippen MR) is 102 cm³/mol. The first kappa shape index (κ1) is 17.5. The minimum Gasteiger partial charge on any atom is -0.326 e. The number of hydrogen-bond acceptors (Lipinski definition) is 4. The summed E-state index contributed by atoms with van der Waals surface area (Å²) in [6.45, 7) is 0. The highest BCUT2D eigenvalue weighted by Gasteiger charge is 2.11. The number of nitrogens with one attached hydrogen (secondary N) is 1. The van der Waals surface area contributed by atoms with E-state index >= 15 is 0 Å². The molecule has 3 aromatic rings. The first-order chi connectivity index (χ1) is 12.1. The van der Waals surface area contributed by atoms with Gasteiger partial charge < -0.3 is 9.88 Å². The maximum Gasteiger partial charge on any atom is 0.225 e. The number of rotatable bonds is 6. The Morgan fingerprint density at radius 2 is 1.84 bits per heavy atom. The lowest BCUT2D eigenvalue weighted by Crippen LogP contribution is -2.12. The minimum absolute atomic E-state index is 0.0414. The van der Waals surface area contributed by atoms with Gasteiger partial charge in [-0.1, -0.05) is 53.7 Å². The number of nitrogens with zero attached hydrogens (tertiary/aromatic N) is 3. The summed E-state index contributed by atoms with van der Waals surface area (Å²) in [6.07, 6.45) is 0.390. The number of amides is 1. The molecule has 1 aromatic heterocycles. The normalized spacial score (nSPS) is 10.6. The van der Waals surface area contributed by atoms with Gasteiger partial charge in [0, 0.05) is 35.5 Å². The van der Waals surface area contributed by atoms with Gasteiger partial charge in [-0.05, 0) is 24.3 Å². The van der Waals surface area contributed by atoms with Crippen LogP contribution in [-0.2, 0) is 11.8 Å². The maximum atomic E-state index is 12.0. The van der Waals surface area contributed by atoms with E-state index in [4.69, 9.17) is 11.6 Å². The average Bonchev–Trinajstić information content (AvgIpc) is 2.99. The molecule has 0 aliphatic carbocycles. The van der Waals surface area contributed by atoms with Crippen molar-refractivity contribution < 1.29 is 4.79 Å². The number of hydrogen-bond donors (Lipinski definition) is 1. The number of carbonyl (C=O) groups excluding carboxylic acids is 1. The minimum atomic E-state index is -0.0414. The molecular formula is C18H17ClN4OS. The Labute approximate surface area is 155 Å². The average molecular weight is 373 g/mol. The molecule has 0 saturated heterocycles. The standard InChI is InChI=1S/C18H17ClN4OS/c1-23-17(13-5-3-2-4-6-13)21-22-18(23)25-12-11-16(24)20-15-9-7-14(19)8-10-15/h2-10H,11-12H2,1H3,(H,20,24). The highest BCUT2D eigenvalue weighted by molar-refractivity contribution is 7.99. The van der Waals surface area contributed by atoms with Crippen LogP contribution in [0.2, 0.25) is 5.02 Å². The molecule has 0 radical (unpaired) electrons. The second kappa shape index (κ2) is 8.18. The van der Waals surface area contributed by atoms with Gasteiger partial charge in [-0.3, -0.25) is 4.79 Å². The molecule has 3 rings (SSSR count). The van der Waals surface area contributed by atoms with Crippen molar-refractivity contribution in [2.45, 2.75) is 11.6 Å². The first-order valence-corrected chi connectivity index (χ1v) is 9.13. The van der Waals surface area contributed by atoms with Gasteiger partial charge in [-0.15, -0.1) is 10.2 Å². The Kier molecular flexibility index (Phi) is 5.73. The van der Waals surface area contributed by atoms with Crippen molar-refractivity contribution in [3.8, 4) is 11.4 Å². The molecule has 5 nitrogen and oxygen atoms in total. The topological polar surface area (TPSA) is 59.8 Å². The van der Waals surface area contributed by atoms with E-state index in [9.17, 15) is 4.79 Å². The summed E-state index contributed by atoms with van der Waals surface area (Å²) in [6, 6.07) is 17.0.